The van der Waals surface area contributed by atoms with E-state index in [0.29, 0.717) is 57.7 Å². The minimum Gasteiger partial charge on any atom is -0.494 e. The number of unbranched alkanes of at least 4 members (excludes halogenated alkanes) is 2. The summed E-state index contributed by atoms with van der Waals surface area (Å²) in [5.74, 6) is 7.12. The van der Waals surface area contributed by atoms with Crippen LogP contribution in [0.25, 0.3) is 0 Å². The van der Waals surface area contributed by atoms with E-state index in [4.69, 9.17) is 27.9 Å². The molecular weight excluding hydrogens is 896 g/mol. The smallest absolute Gasteiger partial charge is 0.256 e. The monoisotopic (exact) mass is 953 g/mol. The normalized spacial score (nSPS) is 18.5. The fourth-order valence-corrected chi connectivity index (χ4v) is 11.1. The highest BCUT2D eigenvalue weighted by Crippen LogP contribution is 2.40. The number of para-hydroxylation sites is 1. The van der Waals surface area contributed by atoms with E-state index in [9.17, 15) is 18.9 Å². The van der Waals surface area contributed by atoms with Gasteiger partial charge in [-0.1, -0.05) is 54.1 Å². The number of nitrogens with one attached hydrogen (secondary N) is 3. The lowest BCUT2D eigenvalue weighted by molar-refractivity contribution is -0.136. The van der Waals surface area contributed by atoms with Gasteiger partial charge < -0.3 is 34.6 Å². The second-order valence-corrected chi connectivity index (χ2v) is 21.7. The van der Waals surface area contributed by atoms with Gasteiger partial charge in [0.15, 0.2) is 5.82 Å². The van der Waals surface area contributed by atoms with E-state index in [1.807, 2.05) is 43.3 Å². The Balaban J connectivity index is 0.781. The molecule has 3 saturated heterocycles. The van der Waals surface area contributed by atoms with E-state index in [2.05, 4.69) is 64.6 Å². The van der Waals surface area contributed by atoms with E-state index in [1.54, 1.807) is 25.3 Å². The van der Waals surface area contributed by atoms with E-state index in [1.165, 1.54) is 6.20 Å². The molecule has 4 aromatic rings. The number of methoxy groups -OCH3 is 1. The lowest BCUT2D eigenvalue weighted by Crippen LogP contribution is -2.53. The van der Waals surface area contributed by atoms with E-state index in [0.717, 1.165) is 111 Å². The van der Waals surface area contributed by atoms with Crippen LogP contribution in [0.5, 0.6) is 5.75 Å². The number of ether oxygens (including phenoxy) is 1. The van der Waals surface area contributed by atoms with E-state index >= 15 is 0 Å². The van der Waals surface area contributed by atoms with Crippen LogP contribution < -0.4 is 30.9 Å². The van der Waals surface area contributed by atoms with Gasteiger partial charge in [-0.3, -0.25) is 24.6 Å². The van der Waals surface area contributed by atoms with Crippen molar-refractivity contribution in [2.45, 2.75) is 76.9 Å². The minimum absolute atomic E-state index is 0.203. The molecule has 0 bridgehead atoms. The summed E-state index contributed by atoms with van der Waals surface area (Å²) in [4.78, 5) is 56.2. The van der Waals surface area contributed by atoms with Crippen molar-refractivity contribution in [1.29, 1.82) is 0 Å². The highest BCUT2D eigenvalue weighted by Gasteiger charge is 2.41. The molecule has 4 aliphatic rings. The van der Waals surface area contributed by atoms with Crippen molar-refractivity contribution in [3.8, 4) is 17.6 Å². The van der Waals surface area contributed by atoms with Crippen molar-refractivity contribution in [2.75, 3.05) is 81.8 Å². The van der Waals surface area contributed by atoms with Gasteiger partial charge in [0.25, 0.3) is 5.91 Å². The summed E-state index contributed by atoms with van der Waals surface area (Å²) < 4.78 is 18.8. The van der Waals surface area contributed by atoms with Gasteiger partial charge in [-0.25, -0.2) is 4.98 Å². The van der Waals surface area contributed by atoms with Gasteiger partial charge in [0.1, 0.15) is 24.0 Å². The Morgan fingerprint density at radius 2 is 1.71 bits per heavy atom. The van der Waals surface area contributed by atoms with Crippen molar-refractivity contribution >= 4 is 82.2 Å². The van der Waals surface area contributed by atoms with E-state index in [-0.39, 0.29) is 24.8 Å². The second kappa shape index (κ2) is 20.8. The number of benzene rings is 3. The molecule has 0 saturated carbocycles. The van der Waals surface area contributed by atoms with Crippen molar-refractivity contribution < 1.29 is 23.7 Å². The van der Waals surface area contributed by atoms with Gasteiger partial charge in [0.2, 0.25) is 17.8 Å². The minimum atomic E-state index is -2.55. The number of anilines is 5. The molecule has 1 atom stereocenters. The van der Waals surface area contributed by atoms with Crippen LogP contribution in [0.2, 0.25) is 10.0 Å². The molecular formula is C49H58Cl2N9O5P. The first-order valence-electron chi connectivity index (χ1n) is 22.9. The third-order valence-electron chi connectivity index (χ3n) is 13.1. The Labute approximate surface area is 397 Å². The largest absolute Gasteiger partial charge is 0.494 e. The summed E-state index contributed by atoms with van der Waals surface area (Å²) in [5, 5.41) is 10.4. The Hall–Kier alpha value is -5.16. The highest BCUT2D eigenvalue weighted by atomic mass is 35.5. The number of aromatic nitrogens is 2. The van der Waals surface area contributed by atoms with Crippen LogP contribution in [0.15, 0.2) is 54.7 Å². The molecule has 348 valence electrons. The zero-order chi connectivity index (χ0) is 46.5. The number of carbonyl (C=O) groups is 3. The first-order chi connectivity index (χ1) is 31.8. The molecule has 0 aliphatic carbocycles. The molecule has 1 unspecified atom stereocenters. The van der Waals surface area contributed by atoms with Crippen LogP contribution in [0.3, 0.4) is 0 Å². The van der Waals surface area contributed by atoms with Crippen LogP contribution in [0.4, 0.5) is 28.8 Å². The van der Waals surface area contributed by atoms with Crippen LogP contribution >= 0.6 is 30.3 Å². The zero-order valence-electron chi connectivity index (χ0n) is 38.1. The maximum Gasteiger partial charge on any atom is 0.256 e. The number of hydrogen-bond acceptors (Lipinski definition) is 12. The number of imide groups is 1. The standard InChI is InChI=1S/C49H58Cl2N9O5P/c1-5-32-28-33(36-31-60(48(63)44(36)45(32)51)40-17-18-43(61)55-47(40)62)12-8-6-7-11-21-57-24-26-59(27-25-57)34-19-22-58(23-20-34)35-15-16-38(41(29-35)65-2)54-49-52-30-37(50)46(56-49)53-39-13-9-10-14-42(39)66(3,4)64/h9-10,13-16,28-30,34,40H,5-7,11,17-27,31H2,1-4H3,(H,55,61,62)(H2,52,53,54,56). The number of hydrogen-bond donors (Lipinski definition) is 3. The number of piperidine rings is 2. The van der Waals surface area contributed by atoms with Crippen molar-refractivity contribution in [1.82, 2.24) is 30.0 Å². The van der Waals surface area contributed by atoms with Crippen LogP contribution in [-0.4, -0.2) is 121 Å². The van der Waals surface area contributed by atoms with Crippen molar-refractivity contribution in [2.24, 2.45) is 0 Å². The first-order valence-corrected chi connectivity index (χ1v) is 26.2. The number of amides is 3. The molecule has 0 radical (unpaired) electrons. The van der Waals surface area contributed by atoms with Crippen LogP contribution in [-0.2, 0) is 27.1 Å². The van der Waals surface area contributed by atoms with Gasteiger partial charge in [0, 0.05) is 92.9 Å². The van der Waals surface area contributed by atoms with E-state index < -0.39 is 19.1 Å². The number of aryl methyl sites for hydroxylation is 1. The summed E-state index contributed by atoms with van der Waals surface area (Å²) in [6, 6.07) is 15.5. The van der Waals surface area contributed by atoms with Gasteiger partial charge in [0.05, 0.1) is 35.3 Å². The number of halogens is 2. The maximum atomic E-state index is 13.5. The molecule has 3 fully saturated rings. The fraction of sp³-hybridized carbons (Fsp3) is 0.449. The Morgan fingerprint density at radius 3 is 2.44 bits per heavy atom. The maximum absolute atomic E-state index is 13.5. The van der Waals surface area contributed by atoms with Gasteiger partial charge >= 0.3 is 0 Å². The molecule has 1 aromatic heterocycles. The topological polar surface area (TPSA) is 152 Å². The first kappa shape index (κ1) is 47.3. The average molecular weight is 955 g/mol. The Morgan fingerprint density at radius 1 is 0.939 bits per heavy atom. The predicted octanol–water partition coefficient (Wildman–Crippen LogP) is 7.66. The zero-order valence-corrected chi connectivity index (χ0v) is 40.5. The molecule has 14 nitrogen and oxygen atoms in total. The Bertz CT molecular complexity index is 2600. The summed E-state index contributed by atoms with van der Waals surface area (Å²) in [5.41, 5.74) is 5.40. The number of nitrogens with zero attached hydrogens (tertiary/aromatic N) is 6. The molecule has 3 amide bonds. The average Bonchev–Trinajstić information content (AvgIpc) is 3.66. The summed E-state index contributed by atoms with van der Waals surface area (Å²) in [7, 11) is -0.890. The molecule has 3 N–H and O–H groups in total. The third-order valence-corrected chi connectivity index (χ3v) is 15.4. The molecule has 8 rings (SSSR count). The summed E-state index contributed by atoms with van der Waals surface area (Å²) in [6.45, 7) is 13.0. The molecule has 5 heterocycles. The fourth-order valence-electron chi connectivity index (χ4n) is 9.47. The quantitative estimate of drug-likeness (QED) is 0.0493. The highest BCUT2D eigenvalue weighted by molar-refractivity contribution is 7.70. The summed E-state index contributed by atoms with van der Waals surface area (Å²) >= 11 is 13.2. The second-order valence-electron chi connectivity index (χ2n) is 17.8. The van der Waals surface area contributed by atoms with Crippen LogP contribution in [0.1, 0.15) is 78.9 Å². The molecule has 66 heavy (non-hydrogen) atoms. The third kappa shape index (κ3) is 10.7. The molecule has 17 heteroatoms. The van der Waals surface area contributed by atoms with Gasteiger partial charge in [-0.15, -0.1) is 0 Å². The predicted molar refractivity (Wildman–Crippen MR) is 263 cm³/mol. The molecule has 0 spiro atoms. The molecule has 4 aliphatic heterocycles. The molecule has 3 aromatic carbocycles. The van der Waals surface area contributed by atoms with Gasteiger partial charge in [-0.05, 0) is 94.3 Å². The Kier molecular flexibility index (Phi) is 14.9. The lowest BCUT2D eigenvalue weighted by Gasteiger charge is -2.43. The lowest BCUT2D eigenvalue weighted by atomic mass is 9.98. The van der Waals surface area contributed by atoms with Crippen molar-refractivity contribution in [3.63, 3.8) is 0 Å². The number of fused-ring (bicyclic) bond motifs is 1. The SMILES string of the molecule is CCc1cc(C#CCCCCN2CCN(C3CCN(c4ccc(Nc5ncc(Cl)c(Nc6ccccc6P(C)(C)=O)n5)c(OC)c4)CC3)CC2)c2c(c1Cl)C(=O)N(C1CCC(=O)NC1=O)C2. The summed E-state index contributed by atoms with van der Waals surface area (Å²) in [6.07, 6.45) is 7.71. The number of piperazine rings is 1. The van der Waals surface area contributed by atoms with Crippen LogP contribution in [0, 0.1) is 11.8 Å². The number of rotatable bonds is 14. The van der Waals surface area contributed by atoms with Crippen molar-refractivity contribution in [3.05, 3.63) is 87.0 Å². The number of carbonyl (C=O) groups excluding carboxylic acids is 3. The van der Waals surface area contributed by atoms with Gasteiger partial charge in [-0.2, -0.15) is 4.98 Å².